The highest BCUT2D eigenvalue weighted by Crippen LogP contribution is 2.23. The summed E-state index contributed by atoms with van der Waals surface area (Å²) in [4.78, 5) is 0.125. The van der Waals surface area contributed by atoms with Crippen LogP contribution in [0.1, 0.15) is 36.7 Å². The molecule has 0 aliphatic rings. The van der Waals surface area contributed by atoms with Gasteiger partial charge >= 0.3 is 0 Å². The fourth-order valence-corrected chi connectivity index (χ4v) is 3.56. The molecule has 0 unspecified atom stereocenters. The fraction of sp³-hybridized carbons (Fsp3) is 0.357. The van der Waals surface area contributed by atoms with Crippen molar-refractivity contribution in [3.63, 3.8) is 0 Å². The summed E-state index contributed by atoms with van der Waals surface area (Å²) in [6.45, 7) is 5.83. The molecule has 0 radical (unpaired) electrons. The first-order valence-corrected chi connectivity index (χ1v) is 8.20. The summed E-state index contributed by atoms with van der Waals surface area (Å²) in [5.74, 6) is 0.324. The summed E-state index contributed by atoms with van der Waals surface area (Å²) in [7, 11) is -3.71. The van der Waals surface area contributed by atoms with Gasteiger partial charge < -0.3 is 5.73 Å². The van der Waals surface area contributed by atoms with E-state index in [0.29, 0.717) is 23.0 Å². The fourth-order valence-electron chi connectivity index (χ4n) is 2.13. The number of hydrogen-bond donors (Lipinski definition) is 3. The maximum Gasteiger partial charge on any atom is 0.265 e. The maximum absolute atomic E-state index is 12.5. The van der Waals surface area contributed by atoms with Gasteiger partial charge in [0.2, 0.25) is 0 Å². The molecule has 1 aromatic carbocycles. The van der Waals surface area contributed by atoms with E-state index < -0.39 is 10.0 Å². The first-order chi connectivity index (χ1) is 9.85. The van der Waals surface area contributed by atoms with E-state index in [2.05, 4.69) is 28.8 Å². The van der Waals surface area contributed by atoms with Crippen molar-refractivity contribution in [1.29, 1.82) is 0 Å². The van der Waals surface area contributed by atoms with Crippen molar-refractivity contribution in [2.75, 3.05) is 4.72 Å². The van der Waals surface area contributed by atoms with Gasteiger partial charge in [-0.15, -0.1) is 0 Å². The van der Waals surface area contributed by atoms with Gasteiger partial charge in [-0.05, 0) is 30.5 Å². The summed E-state index contributed by atoms with van der Waals surface area (Å²) in [5, 5.41) is 6.58. The number of nitrogens with two attached hydrogens (primary N) is 1. The number of H-pyrrole nitrogens is 1. The van der Waals surface area contributed by atoms with Gasteiger partial charge in [-0.1, -0.05) is 26.0 Å². The third kappa shape index (κ3) is 3.25. The maximum atomic E-state index is 12.5. The van der Waals surface area contributed by atoms with E-state index in [1.54, 1.807) is 13.0 Å². The largest absolute Gasteiger partial charge is 0.325 e. The first kappa shape index (κ1) is 15.5. The van der Waals surface area contributed by atoms with Gasteiger partial charge in [-0.3, -0.25) is 9.82 Å². The molecule has 21 heavy (non-hydrogen) atoms. The minimum absolute atomic E-state index is 0.0621. The lowest BCUT2D eigenvalue weighted by molar-refractivity contribution is 0.599. The summed E-state index contributed by atoms with van der Waals surface area (Å²) in [5.41, 5.74) is 7.95. The number of nitrogens with one attached hydrogen (secondary N) is 2. The topological polar surface area (TPSA) is 101 Å². The third-order valence-corrected chi connectivity index (χ3v) is 4.81. The van der Waals surface area contributed by atoms with Crippen molar-refractivity contribution in [2.24, 2.45) is 5.73 Å². The number of aromatic amines is 1. The molecule has 0 amide bonds. The lowest BCUT2D eigenvalue weighted by atomic mass is 10.0. The van der Waals surface area contributed by atoms with Crippen LogP contribution < -0.4 is 10.5 Å². The standard InChI is InChI=1S/C14H20N4O2S/c1-9(2)11-5-4-6-12(7-11)18-21(19,20)14-10(3)16-17-13(14)8-15/h4-7,9,18H,8,15H2,1-3H3,(H,16,17). The van der Waals surface area contributed by atoms with Crippen LogP contribution in [-0.4, -0.2) is 18.6 Å². The lowest BCUT2D eigenvalue weighted by Gasteiger charge is -2.11. The minimum Gasteiger partial charge on any atom is -0.325 e. The Hall–Kier alpha value is -1.86. The van der Waals surface area contributed by atoms with Gasteiger partial charge in [-0.25, -0.2) is 8.42 Å². The molecule has 1 heterocycles. The molecule has 6 nitrogen and oxygen atoms in total. The molecule has 0 saturated heterocycles. The minimum atomic E-state index is -3.71. The van der Waals surface area contributed by atoms with Gasteiger partial charge in [-0.2, -0.15) is 5.10 Å². The van der Waals surface area contributed by atoms with E-state index in [1.807, 2.05) is 18.2 Å². The molecule has 0 bridgehead atoms. The number of sulfonamides is 1. The third-order valence-electron chi connectivity index (χ3n) is 3.23. The molecule has 0 aliphatic carbocycles. The monoisotopic (exact) mass is 308 g/mol. The number of benzene rings is 1. The zero-order valence-corrected chi connectivity index (χ0v) is 13.2. The zero-order chi connectivity index (χ0) is 15.6. The summed E-state index contributed by atoms with van der Waals surface area (Å²) >= 11 is 0. The quantitative estimate of drug-likeness (QED) is 0.787. The molecule has 2 aromatic rings. The van der Waals surface area contributed by atoms with E-state index in [0.717, 1.165) is 5.56 Å². The SMILES string of the molecule is Cc1[nH]nc(CN)c1S(=O)(=O)Nc1cccc(C(C)C)c1. The summed E-state index contributed by atoms with van der Waals surface area (Å²) in [6.07, 6.45) is 0. The highest BCUT2D eigenvalue weighted by atomic mass is 32.2. The van der Waals surface area contributed by atoms with Crippen LogP contribution in [0.2, 0.25) is 0 Å². The number of hydrogen-bond acceptors (Lipinski definition) is 4. The molecular formula is C14H20N4O2S. The first-order valence-electron chi connectivity index (χ1n) is 6.72. The number of anilines is 1. The average molecular weight is 308 g/mol. The Bertz CT molecular complexity index is 735. The molecule has 0 saturated carbocycles. The molecule has 7 heteroatoms. The van der Waals surface area contributed by atoms with E-state index in [-0.39, 0.29) is 11.4 Å². The van der Waals surface area contributed by atoms with E-state index in [1.165, 1.54) is 0 Å². The van der Waals surface area contributed by atoms with Crippen molar-refractivity contribution in [3.8, 4) is 0 Å². The Morgan fingerprint density at radius 3 is 2.71 bits per heavy atom. The smallest absolute Gasteiger partial charge is 0.265 e. The molecule has 0 fully saturated rings. The molecule has 1 aromatic heterocycles. The van der Waals surface area contributed by atoms with Crippen LogP contribution in [0.3, 0.4) is 0 Å². The van der Waals surface area contributed by atoms with Crippen molar-refractivity contribution >= 4 is 15.7 Å². The second-order valence-corrected chi connectivity index (χ2v) is 6.83. The van der Waals surface area contributed by atoms with Crippen LogP contribution >= 0.6 is 0 Å². The van der Waals surface area contributed by atoms with Crippen molar-refractivity contribution in [2.45, 2.75) is 38.1 Å². The van der Waals surface area contributed by atoms with E-state index in [9.17, 15) is 8.42 Å². The van der Waals surface area contributed by atoms with Crippen LogP contribution in [0.5, 0.6) is 0 Å². The molecule has 0 atom stereocenters. The Labute approximate surface area is 124 Å². The van der Waals surface area contributed by atoms with Gasteiger partial charge in [0.25, 0.3) is 10.0 Å². The molecule has 0 aliphatic heterocycles. The molecule has 2 rings (SSSR count). The van der Waals surface area contributed by atoms with Crippen LogP contribution in [-0.2, 0) is 16.6 Å². The van der Waals surface area contributed by atoms with Gasteiger partial charge in [0.1, 0.15) is 4.90 Å². The predicted molar refractivity (Wildman–Crippen MR) is 82.6 cm³/mol. The van der Waals surface area contributed by atoms with Crippen molar-refractivity contribution < 1.29 is 8.42 Å². The summed E-state index contributed by atoms with van der Waals surface area (Å²) < 4.78 is 27.6. The second kappa shape index (κ2) is 5.87. The highest BCUT2D eigenvalue weighted by Gasteiger charge is 2.23. The molecule has 4 N–H and O–H groups in total. The lowest BCUT2D eigenvalue weighted by Crippen LogP contribution is -2.16. The molecule has 0 spiro atoms. The number of aryl methyl sites for hydroxylation is 1. The highest BCUT2D eigenvalue weighted by molar-refractivity contribution is 7.92. The van der Waals surface area contributed by atoms with Gasteiger partial charge in [0.05, 0.1) is 11.4 Å². The zero-order valence-electron chi connectivity index (χ0n) is 12.3. The van der Waals surface area contributed by atoms with Crippen LogP contribution in [0, 0.1) is 6.92 Å². The van der Waals surface area contributed by atoms with Crippen LogP contribution in [0.15, 0.2) is 29.2 Å². The second-order valence-electron chi connectivity index (χ2n) is 5.21. The Kier molecular flexibility index (Phi) is 4.34. The van der Waals surface area contributed by atoms with Crippen LogP contribution in [0.25, 0.3) is 0 Å². The normalized spacial score (nSPS) is 11.9. The van der Waals surface area contributed by atoms with Crippen molar-refractivity contribution in [1.82, 2.24) is 10.2 Å². The Balaban J connectivity index is 2.38. The van der Waals surface area contributed by atoms with Gasteiger partial charge in [0.15, 0.2) is 0 Å². The van der Waals surface area contributed by atoms with Crippen molar-refractivity contribution in [3.05, 3.63) is 41.2 Å². The predicted octanol–water partition coefficient (Wildman–Crippen LogP) is 2.10. The summed E-state index contributed by atoms with van der Waals surface area (Å²) in [6, 6.07) is 7.36. The number of aromatic nitrogens is 2. The Morgan fingerprint density at radius 1 is 1.38 bits per heavy atom. The van der Waals surface area contributed by atoms with E-state index >= 15 is 0 Å². The van der Waals surface area contributed by atoms with E-state index in [4.69, 9.17) is 5.73 Å². The number of rotatable bonds is 5. The molecular weight excluding hydrogens is 288 g/mol. The van der Waals surface area contributed by atoms with Crippen LogP contribution in [0.4, 0.5) is 5.69 Å². The molecule has 114 valence electrons. The number of nitrogens with zero attached hydrogens (tertiary/aromatic N) is 1. The van der Waals surface area contributed by atoms with Gasteiger partial charge in [0, 0.05) is 12.2 Å². The Morgan fingerprint density at radius 2 is 2.10 bits per heavy atom. The average Bonchev–Trinajstić information content (AvgIpc) is 2.80.